The normalized spacial score (nSPS) is 11.6. The third-order valence-electron chi connectivity index (χ3n) is 5.03. The van der Waals surface area contributed by atoms with Gasteiger partial charge in [0.25, 0.3) is 0 Å². The minimum absolute atomic E-state index is 0.162. The number of carbonyl (C=O) groups is 2. The van der Waals surface area contributed by atoms with Crippen molar-refractivity contribution in [2.24, 2.45) is 0 Å². The number of nitrogens with one attached hydrogen (secondary N) is 1. The van der Waals surface area contributed by atoms with E-state index in [0.717, 1.165) is 16.0 Å². The fourth-order valence-electron chi connectivity index (χ4n) is 3.31. The van der Waals surface area contributed by atoms with Crippen molar-refractivity contribution >= 4 is 58.4 Å². The van der Waals surface area contributed by atoms with E-state index in [1.54, 1.807) is 36.2 Å². The lowest BCUT2D eigenvalue weighted by atomic mass is 10.0. The van der Waals surface area contributed by atoms with Crippen LogP contribution in [0.3, 0.4) is 0 Å². The van der Waals surface area contributed by atoms with Crippen LogP contribution >= 0.6 is 46.6 Å². The zero-order chi connectivity index (χ0) is 23.8. The number of nitrogens with zero attached hydrogens (tertiary/aromatic N) is 1. The average Bonchev–Trinajstić information content (AvgIpc) is 2.83. The molecule has 2 amide bonds. The van der Waals surface area contributed by atoms with Gasteiger partial charge in [-0.1, -0.05) is 71.2 Å². The van der Waals surface area contributed by atoms with Crippen LogP contribution in [0.2, 0.25) is 15.1 Å². The minimum atomic E-state index is -0.690. The number of hydrogen-bond donors (Lipinski definition) is 1. The largest absolute Gasteiger partial charge is 0.357 e. The molecule has 0 aromatic heterocycles. The van der Waals surface area contributed by atoms with Gasteiger partial charge in [-0.15, -0.1) is 11.8 Å². The number of halogens is 3. The Morgan fingerprint density at radius 3 is 2.24 bits per heavy atom. The molecule has 0 fully saturated rings. The maximum atomic E-state index is 13.4. The summed E-state index contributed by atoms with van der Waals surface area (Å²) in [5, 5.41) is 4.17. The molecule has 0 aliphatic rings. The van der Waals surface area contributed by atoms with Crippen LogP contribution in [0.1, 0.15) is 11.1 Å². The molecule has 0 saturated carbocycles. The van der Waals surface area contributed by atoms with E-state index < -0.39 is 6.04 Å². The fourth-order valence-corrected chi connectivity index (χ4v) is 4.55. The predicted octanol–water partition coefficient (Wildman–Crippen LogP) is 6.13. The van der Waals surface area contributed by atoms with Gasteiger partial charge in [-0.25, -0.2) is 0 Å². The van der Waals surface area contributed by atoms with Gasteiger partial charge in [0.2, 0.25) is 11.8 Å². The Labute approximate surface area is 213 Å². The number of likely N-dealkylation sites (N-methyl/N-ethyl adjacent to an activating group) is 1. The van der Waals surface area contributed by atoms with Crippen molar-refractivity contribution in [3.05, 3.63) is 99.0 Å². The van der Waals surface area contributed by atoms with Crippen molar-refractivity contribution in [1.82, 2.24) is 10.2 Å². The first-order chi connectivity index (χ1) is 15.9. The first-order valence-electron chi connectivity index (χ1n) is 10.2. The van der Waals surface area contributed by atoms with Gasteiger partial charge in [-0.3, -0.25) is 9.59 Å². The molecule has 1 N–H and O–H groups in total. The zero-order valence-corrected chi connectivity index (χ0v) is 21.0. The standard InChI is InChI=1S/C25H23Cl3N2O2S/c1-29-25(32)23(14-17-5-3-2-4-6-17)30(15-18-7-12-21(27)22(28)13-18)24(31)16-33-20-10-8-19(26)9-11-20/h2-13,23H,14-16H2,1H3,(H,29,32)/t23-/m1/s1. The van der Waals surface area contributed by atoms with Gasteiger partial charge in [0.05, 0.1) is 15.8 Å². The van der Waals surface area contributed by atoms with Crippen LogP contribution in [0.4, 0.5) is 0 Å². The van der Waals surface area contributed by atoms with Gasteiger partial charge in [0.1, 0.15) is 6.04 Å². The monoisotopic (exact) mass is 520 g/mol. The van der Waals surface area contributed by atoms with Crippen molar-refractivity contribution < 1.29 is 9.59 Å². The molecule has 3 rings (SSSR count). The van der Waals surface area contributed by atoms with Gasteiger partial charge >= 0.3 is 0 Å². The smallest absolute Gasteiger partial charge is 0.242 e. The highest BCUT2D eigenvalue weighted by molar-refractivity contribution is 8.00. The summed E-state index contributed by atoms with van der Waals surface area (Å²) in [6.07, 6.45) is 0.388. The summed E-state index contributed by atoms with van der Waals surface area (Å²) in [4.78, 5) is 28.9. The van der Waals surface area contributed by atoms with Crippen LogP contribution in [-0.4, -0.2) is 35.6 Å². The number of benzene rings is 3. The summed E-state index contributed by atoms with van der Waals surface area (Å²) in [6, 6.07) is 21.5. The Morgan fingerprint density at radius 2 is 1.61 bits per heavy atom. The van der Waals surface area contributed by atoms with Gasteiger partial charge in [0.15, 0.2) is 0 Å². The second-order valence-electron chi connectivity index (χ2n) is 7.33. The molecule has 0 bridgehead atoms. The van der Waals surface area contributed by atoms with Crippen molar-refractivity contribution in [3.8, 4) is 0 Å². The van der Waals surface area contributed by atoms with Gasteiger partial charge in [-0.05, 0) is 47.5 Å². The third kappa shape index (κ3) is 7.41. The summed E-state index contributed by atoms with van der Waals surface area (Å²) in [6.45, 7) is 0.224. The Hall–Kier alpha value is -2.18. The Morgan fingerprint density at radius 1 is 0.909 bits per heavy atom. The maximum Gasteiger partial charge on any atom is 0.242 e. The first kappa shape index (κ1) is 25.4. The molecule has 0 aliphatic heterocycles. The topological polar surface area (TPSA) is 49.4 Å². The van der Waals surface area contributed by atoms with E-state index in [4.69, 9.17) is 34.8 Å². The Bertz CT molecular complexity index is 1090. The molecule has 33 heavy (non-hydrogen) atoms. The Balaban J connectivity index is 1.88. The summed E-state index contributed by atoms with van der Waals surface area (Å²) in [5.74, 6) is -0.222. The highest BCUT2D eigenvalue weighted by Gasteiger charge is 2.29. The molecule has 172 valence electrons. The first-order valence-corrected chi connectivity index (χ1v) is 12.4. The predicted molar refractivity (Wildman–Crippen MR) is 137 cm³/mol. The van der Waals surface area contributed by atoms with Gasteiger partial charge in [0, 0.05) is 29.9 Å². The van der Waals surface area contributed by atoms with E-state index in [-0.39, 0.29) is 24.1 Å². The number of rotatable bonds is 9. The van der Waals surface area contributed by atoms with Crippen molar-refractivity contribution in [2.45, 2.75) is 23.9 Å². The molecule has 0 aliphatic carbocycles. The molecule has 0 spiro atoms. The van der Waals surface area contributed by atoms with Crippen molar-refractivity contribution in [3.63, 3.8) is 0 Å². The summed E-state index contributed by atoms with van der Waals surface area (Å²) >= 11 is 19.6. The van der Waals surface area contributed by atoms with Crippen molar-refractivity contribution in [2.75, 3.05) is 12.8 Å². The van der Waals surface area contributed by atoms with E-state index in [9.17, 15) is 9.59 Å². The van der Waals surface area contributed by atoms with Crippen LogP contribution < -0.4 is 5.32 Å². The number of amides is 2. The average molecular weight is 522 g/mol. The summed E-state index contributed by atoms with van der Waals surface area (Å²) in [5.41, 5.74) is 1.75. The van der Waals surface area contributed by atoms with Crippen LogP contribution in [0.25, 0.3) is 0 Å². The molecule has 3 aromatic carbocycles. The van der Waals surface area contributed by atoms with Crippen LogP contribution in [0.15, 0.2) is 77.7 Å². The van der Waals surface area contributed by atoms with Gasteiger partial charge < -0.3 is 10.2 Å². The SMILES string of the molecule is CNC(=O)[C@@H](Cc1ccccc1)N(Cc1ccc(Cl)c(Cl)c1)C(=O)CSc1ccc(Cl)cc1. The minimum Gasteiger partial charge on any atom is -0.357 e. The van der Waals surface area contributed by atoms with E-state index in [1.165, 1.54) is 11.8 Å². The Kier molecular flexibility index (Phi) is 9.51. The van der Waals surface area contributed by atoms with Crippen LogP contribution in [-0.2, 0) is 22.6 Å². The van der Waals surface area contributed by atoms with Crippen LogP contribution in [0.5, 0.6) is 0 Å². The van der Waals surface area contributed by atoms with E-state index in [0.29, 0.717) is 21.5 Å². The zero-order valence-electron chi connectivity index (χ0n) is 17.9. The molecule has 1 atom stereocenters. The van der Waals surface area contributed by atoms with Gasteiger partial charge in [-0.2, -0.15) is 0 Å². The lowest BCUT2D eigenvalue weighted by molar-refractivity contribution is -0.139. The van der Waals surface area contributed by atoms with Crippen LogP contribution in [0, 0.1) is 0 Å². The molecular weight excluding hydrogens is 499 g/mol. The molecule has 0 saturated heterocycles. The molecule has 0 radical (unpaired) electrons. The molecular formula is C25H23Cl3N2O2S. The molecule has 0 unspecified atom stereocenters. The van der Waals surface area contributed by atoms with E-state index in [2.05, 4.69) is 5.32 Å². The molecule has 3 aromatic rings. The number of hydrogen-bond acceptors (Lipinski definition) is 3. The van der Waals surface area contributed by atoms with E-state index >= 15 is 0 Å². The lowest BCUT2D eigenvalue weighted by Gasteiger charge is -2.31. The summed E-state index contributed by atoms with van der Waals surface area (Å²) in [7, 11) is 1.57. The fraction of sp³-hybridized carbons (Fsp3) is 0.200. The lowest BCUT2D eigenvalue weighted by Crippen LogP contribution is -2.50. The number of carbonyl (C=O) groups excluding carboxylic acids is 2. The highest BCUT2D eigenvalue weighted by atomic mass is 35.5. The second kappa shape index (κ2) is 12.3. The molecule has 0 heterocycles. The maximum absolute atomic E-state index is 13.4. The second-order valence-corrected chi connectivity index (χ2v) is 9.63. The quantitative estimate of drug-likeness (QED) is 0.345. The molecule has 4 nitrogen and oxygen atoms in total. The van der Waals surface area contributed by atoms with Crippen molar-refractivity contribution in [1.29, 1.82) is 0 Å². The third-order valence-corrected chi connectivity index (χ3v) is 7.02. The van der Waals surface area contributed by atoms with E-state index in [1.807, 2.05) is 48.5 Å². The summed E-state index contributed by atoms with van der Waals surface area (Å²) < 4.78 is 0. The number of thioether (sulfide) groups is 1. The molecule has 8 heteroatoms. The highest BCUT2D eigenvalue weighted by Crippen LogP contribution is 2.26.